The average molecular weight is 389 g/mol. The Morgan fingerprint density at radius 2 is 1.50 bits per heavy atom. The number of para-hydroxylation sites is 1. The normalized spacial score (nSPS) is 11.3. The van der Waals surface area contributed by atoms with Crippen LogP contribution in [0.1, 0.15) is 12.5 Å². The van der Waals surface area contributed by atoms with Crippen LogP contribution in [0.15, 0.2) is 60.7 Å². The van der Waals surface area contributed by atoms with Gasteiger partial charge in [0.05, 0.1) is 11.3 Å². The second-order valence-corrected chi connectivity index (χ2v) is 6.15. The van der Waals surface area contributed by atoms with Crippen molar-refractivity contribution in [3.63, 3.8) is 0 Å². The summed E-state index contributed by atoms with van der Waals surface area (Å²) in [5.41, 5.74) is 0.598. The summed E-state index contributed by atoms with van der Waals surface area (Å²) in [7, 11) is 0. The molecule has 1 amide bonds. The summed E-state index contributed by atoms with van der Waals surface area (Å²) in [5.74, 6) is -1.28. The molecule has 3 rings (SSSR count). The molecule has 2 N–H and O–H groups in total. The Morgan fingerprint density at radius 3 is 2.04 bits per heavy atom. The number of benzene rings is 3. The van der Waals surface area contributed by atoms with Crippen LogP contribution in [-0.4, -0.2) is 11.0 Å². The summed E-state index contributed by atoms with van der Waals surface area (Å²) in [4.78, 5) is 11.1. The fraction of sp³-hybridized carbons (Fsp3) is 0.0952. The van der Waals surface area contributed by atoms with Crippen LogP contribution < -0.4 is 5.32 Å². The summed E-state index contributed by atoms with van der Waals surface area (Å²) in [6.45, 7) is 1.26. The highest BCUT2D eigenvalue weighted by atomic mass is 19.4. The molecular formula is C21H15F4NO2. The Hall–Kier alpha value is -3.35. The summed E-state index contributed by atoms with van der Waals surface area (Å²) >= 11 is 0. The van der Waals surface area contributed by atoms with E-state index in [9.17, 15) is 27.5 Å². The minimum atomic E-state index is -4.45. The lowest BCUT2D eigenvalue weighted by molar-refractivity contribution is -0.137. The van der Waals surface area contributed by atoms with E-state index in [1.807, 2.05) is 0 Å². The molecule has 0 saturated carbocycles. The van der Waals surface area contributed by atoms with E-state index in [0.717, 1.165) is 18.2 Å². The number of halogens is 4. The van der Waals surface area contributed by atoms with Gasteiger partial charge in [-0.1, -0.05) is 36.4 Å². The fourth-order valence-corrected chi connectivity index (χ4v) is 2.82. The van der Waals surface area contributed by atoms with Gasteiger partial charge in [0.1, 0.15) is 11.6 Å². The number of rotatable bonds is 3. The lowest BCUT2D eigenvalue weighted by atomic mass is 9.96. The SMILES string of the molecule is CC(=O)Nc1ccc(-c2cccc(-c3ccc(C(F)(F)F)cc3)c2O)cc1F. The Bertz CT molecular complexity index is 1030. The van der Waals surface area contributed by atoms with E-state index in [-0.39, 0.29) is 11.4 Å². The molecule has 0 aromatic heterocycles. The minimum absolute atomic E-state index is 0.00892. The molecule has 3 aromatic carbocycles. The first-order valence-corrected chi connectivity index (χ1v) is 8.24. The summed E-state index contributed by atoms with van der Waals surface area (Å²) in [6.07, 6.45) is -4.45. The van der Waals surface area contributed by atoms with Crippen molar-refractivity contribution >= 4 is 11.6 Å². The van der Waals surface area contributed by atoms with Gasteiger partial charge in [-0.3, -0.25) is 4.79 Å². The third-order valence-corrected chi connectivity index (χ3v) is 4.15. The molecular weight excluding hydrogens is 374 g/mol. The first kappa shape index (κ1) is 19.4. The predicted molar refractivity (Wildman–Crippen MR) is 98.2 cm³/mol. The van der Waals surface area contributed by atoms with Gasteiger partial charge in [-0.2, -0.15) is 13.2 Å². The van der Waals surface area contributed by atoms with E-state index in [1.54, 1.807) is 18.2 Å². The molecule has 0 unspecified atom stereocenters. The van der Waals surface area contributed by atoms with Gasteiger partial charge in [-0.25, -0.2) is 4.39 Å². The summed E-state index contributed by atoms with van der Waals surface area (Å²) in [6, 6.07) is 13.2. The molecule has 0 spiro atoms. The zero-order chi connectivity index (χ0) is 20.5. The summed E-state index contributed by atoms with van der Waals surface area (Å²) in [5, 5.41) is 13.0. The third-order valence-electron chi connectivity index (χ3n) is 4.15. The topological polar surface area (TPSA) is 49.3 Å². The van der Waals surface area contributed by atoms with Crippen LogP contribution in [0.2, 0.25) is 0 Å². The molecule has 0 atom stereocenters. The first-order chi connectivity index (χ1) is 13.2. The lowest BCUT2D eigenvalue weighted by Crippen LogP contribution is -2.07. The second kappa shape index (κ2) is 7.34. The van der Waals surface area contributed by atoms with E-state index >= 15 is 0 Å². The Balaban J connectivity index is 2.00. The smallest absolute Gasteiger partial charge is 0.416 e. The Morgan fingerprint density at radius 1 is 0.929 bits per heavy atom. The van der Waals surface area contributed by atoms with Gasteiger partial charge in [0.25, 0.3) is 0 Å². The van der Waals surface area contributed by atoms with Crippen molar-refractivity contribution in [2.24, 2.45) is 0 Å². The predicted octanol–water partition coefficient (Wildman–Crippen LogP) is 5.84. The zero-order valence-corrected chi connectivity index (χ0v) is 14.6. The monoisotopic (exact) mass is 389 g/mol. The number of nitrogens with one attached hydrogen (secondary N) is 1. The van der Waals surface area contributed by atoms with Crippen LogP contribution in [0.4, 0.5) is 23.2 Å². The highest BCUT2D eigenvalue weighted by Gasteiger charge is 2.30. The van der Waals surface area contributed by atoms with Crippen LogP contribution in [-0.2, 0) is 11.0 Å². The van der Waals surface area contributed by atoms with E-state index in [1.165, 1.54) is 31.2 Å². The van der Waals surface area contributed by atoms with Gasteiger partial charge in [-0.15, -0.1) is 0 Å². The van der Waals surface area contributed by atoms with Gasteiger partial charge >= 0.3 is 6.18 Å². The number of amides is 1. The van der Waals surface area contributed by atoms with Crippen LogP contribution >= 0.6 is 0 Å². The number of phenols is 1. The maximum atomic E-state index is 14.2. The van der Waals surface area contributed by atoms with Gasteiger partial charge in [0.2, 0.25) is 5.91 Å². The molecule has 7 heteroatoms. The Labute approximate surface area is 158 Å². The molecule has 0 aliphatic rings. The number of hydrogen-bond acceptors (Lipinski definition) is 2. The van der Waals surface area contributed by atoms with Gasteiger partial charge in [-0.05, 0) is 35.4 Å². The van der Waals surface area contributed by atoms with Gasteiger partial charge < -0.3 is 10.4 Å². The van der Waals surface area contributed by atoms with Crippen LogP contribution in [0, 0.1) is 5.82 Å². The molecule has 0 aliphatic heterocycles. The van der Waals surface area contributed by atoms with E-state index in [0.29, 0.717) is 22.3 Å². The van der Waals surface area contributed by atoms with Crippen LogP contribution in [0.3, 0.4) is 0 Å². The third kappa shape index (κ3) is 3.98. The number of carbonyl (C=O) groups is 1. The highest BCUT2D eigenvalue weighted by Crippen LogP contribution is 2.39. The molecule has 3 aromatic rings. The molecule has 0 heterocycles. The number of carbonyl (C=O) groups excluding carboxylic acids is 1. The Kier molecular flexibility index (Phi) is 5.09. The average Bonchev–Trinajstić information content (AvgIpc) is 2.63. The highest BCUT2D eigenvalue weighted by molar-refractivity contribution is 5.89. The molecule has 0 fully saturated rings. The lowest BCUT2D eigenvalue weighted by Gasteiger charge is -2.13. The number of aromatic hydroxyl groups is 1. The molecule has 0 bridgehead atoms. The number of phenolic OH excluding ortho intramolecular Hbond substituents is 1. The molecule has 28 heavy (non-hydrogen) atoms. The van der Waals surface area contributed by atoms with Crippen LogP contribution in [0.25, 0.3) is 22.3 Å². The molecule has 3 nitrogen and oxygen atoms in total. The maximum Gasteiger partial charge on any atom is 0.416 e. The maximum absolute atomic E-state index is 14.2. The molecule has 144 valence electrons. The van der Waals surface area contributed by atoms with Crippen molar-refractivity contribution in [3.8, 4) is 28.0 Å². The summed E-state index contributed by atoms with van der Waals surface area (Å²) < 4.78 is 52.4. The van der Waals surface area contributed by atoms with Crippen molar-refractivity contribution in [1.82, 2.24) is 0 Å². The van der Waals surface area contributed by atoms with Gasteiger partial charge in [0.15, 0.2) is 0 Å². The first-order valence-electron chi connectivity index (χ1n) is 8.24. The van der Waals surface area contributed by atoms with Crippen molar-refractivity contribution < 1.29 is 27.5 Å². The van der Waals surface area contributed by atoms with Crippen LogP contribution in [0.5, 0.6) is 5.75 Å². The van der Waals surface area contributed by atoms with E-state index in [4.69, 9.17) is 0 Å². The number of alkyl halides is 3. The fourth-order valence-electron chi connectivity index (χ4n) is 2.82. The standard InChI is InChI=1S/C21H15F4NO2/c1-12(27)26-19-10-7-14(11-18(19)22)17-4-2-3-16(20(17)28)13-5-8-15(9-6-13)21(23,24)25/h2-11,28H,1H3,(H,26,27). The van der Waals surface area contributed by atoms with Crippen molar-refractivity contribution in [2.45, 2.75) is 13.1 Å². The minimum Gasteiger partial charge on any atom is -0.507 e. The molecule has 0 aliphatic carbocycles. The largest absolute Gasteiger partial charge is 0.507 e. The van der Waals surface area contributed by atoms with Gasteiger partial charge in [0, 0.05) is 18.1 Å². The quantitative estimate of drug-likeness (QED) is 0.553. The molecule has 0 saturated heterocycles. The van der Waals surface area contributed by atoms with Crippen molar-refractivity contribution in [3.05, 3.63) is 72.0 Å². The second-order valence-electron chi connectivity index (χ2n) is 6.15. The van der Waals surface area contributed by atoms with Crippen molar-refractivity contribution in [1.29, 1.82) is 0 Å². The van der Waals surface area contributed by atoms with E-state index < -0.39 is 23.5 Å². The number of hydrogen-bond donors (Lipinski definition) is 2. The molecule has 0 radical (unpaired) electrons. The van der Waals surface area contributed by atoms with E-state index in [2.05, 4.69) is 5.32 Å². The van der Waals surface area contributed by atoms with Crippen molar-refractivity contribution in [2.75, 3.05) is 5.32 Å². The number of anilines is 1. The zero-order valence-electron chi connectivity index (χ0n) is 14.6.